The van der Waals surface area contributed by atoms with Crippen LogP contribution in [-0.4, -0.2) is 0 Å². The summed E-state index contributed by atoms with van der Waals surface area (Å²) in [5.41, 5.74) is 0.833. The molecule has 4 aliphatic carbocycles. The minimum absolute atomic E-state index is 0.833. The Kier molecular flexibility index (Phi) is 0.191. The third-order valence-corrected chi connectivity index (χ3v) is 3.24. The molecule has 4 aliphatic rings. The predicted molar refractivity (Wildman–Crippen MR) is 27.7 cm³/mol. The van der Waals surface area contributed by atoms with Gasteiger partial charge in [0.15, 0.2) is 0 Å². The van der Waals surface area contributed by atoms with E-state index in [1.165, 1.54) is 0 Å². The van der Waals surface area contributed by atoms with Crippen molar-refractivity contribution in [3.05, 3.63) is 12.2 Å². The Labute approximate surface area is 43.2 Å². The van der Waals surface area contributed by atoms with Crippen molar-refractivity contribution in [2.45, 2.75) is 6.92 Å². The molecule has 0 nitrogen and oxygen atoms in total. The fraction of sp³-hybridized carbons (Fsp3) is 0.714. The van der Waals surface area contributed by atoms with Gasteiger partial charge in [0.25, 0.3) is 0 Å². The molecule has 0 heteroatoms. The zero-order chi connectivity index (χ0) is 4.65. The predicted octanol–water partition coefficient (Wildman–Crippen LogP) is 1.44. The van der Waals surface area contributed by atoms with Gasteiger partial charge in [0.1, 0.15) is 0 Å². The first-order valence-corrected chi connectivity index (χ1v) is 3.03. The molecule has 2 fully saturated rings. The molecule has 0 amide bonds. The van der Waals surface area contributed by atoms with E-state index in [0.29, 0.717) is 0 Å². The summed E-state index contributed by atoms with van der Waals surface area (Å²) in [6.45, 7) is 2.41. The molecule has 2 saturated carbocycles. The van der Waals surface area contributed by atoms with Crippen LogP contribution in [0.2, 0.25) is 0 Å². The summed E-state index contributed by atoms with van der Waals surface area (Å²) in [6.07, 6.45) is 4.80. The zero-order valence-electron chi connectivity index (χ0n) is 4.39. The monoisotopic (exact) mass is 92.1 g/mol. The van der Waals surface area contributed by atoms with Crippen molar-refractivity contribution in [1.82, 2.24) is 0 Å². The second-order valence-corrected chi connectivity index (χ2v) is 3.33. The molecule has 2 atom stereocenters. The summed E-state index contributed by atoms with van der Waals surface area (Å²) in [5.74, 6) is 3.21. The van der Waals surface area contributed by atoms with Gasteiger partial charge in [-0.25, -0.2) is 0 Å². The Hall–Kier alpha value is -0.260. The van der Waals surface area contributed by atoms with Crippen LogP contribution in [0.5, 0.6) is 0 Å². The lowest BCUT2D eigenvalue weighted by molar-refractivity contribution is 0.563. The lowest BCUT2D eigenvalue weighted by Gasteiger charge is -1.95. The highest BCUT2D eigenvalue weighted by molar-refractivity contribution is 5.44. The van der Waals surface area contributed by atoms with Crippen molar-refractivity contribution in [2.24, 2.45) is 23.2 Å². The van der Waals surface area contributed by atoms with Crippen LogP contribution in [0.15, 0.2) is 12.2 Å². The van der Waals surface area contributed by atoms with Crippen LogP contribution in [0, 0.1) is 23.2 Å². The zero-order valence-corrected chi connectivity index (χ0v) is 4.39. The van der Waals surface area contributed by atoms with Gasteiger partial charge in [-0.1, -0.05) is 19.1 Å². The molecule has 4 rings (SSSR count). The molecule has 2 unspecified atom stereocenters. The molecule has 0 heterocycles. The van der Waals surface area contributed by atoms with E-state index in [4.69, 9.17) is 0 Å². The van der Waals surface area contributed by atoms with Gasteiger partial charge in [-0.2, -0.15) is 0 Å². The molecule has 0 aromatic carbocycles. The first kappa shape index (κ1) is 2.91. The summed E-state index contributed by atoms with van der Waals surface area (Å²) < 4.78 is 0. The Morgan fingerprint density at radius 2 is 1.71 bits per heavy atom. The molecule has 7 heavy (non-hydrogen) atoms. The Bertz CT molecular complexity index is 153. The average Bonchev–Trinajstić information content (AvgIpc) is 2.38. The van der Waals surface area contributed by atoms with Gasteiger partial charge in [0.05, 0.1) is 0 Å². The van der Waals surface area contributed by atoms with Crippen LogP contribution in [0.1, 0.15) is 6.92 Å². The number of allylic oxidation sites excluding steroid dienone is 2. The molecule has 0 aromatic rings. The number of hydrogen-bond acceptors (Lipinski definition) is 0. The fourth-order valence-electron chi connectivity index (χ4n) is 2.42. The lowest BCUT2D eigenvalue weighted by Crippen LogP contribution is -1.91. The minimum atomic E-state index is 0.833. The van der Waals surface area contributed by atoms with E-state index in [2.05, 4.69) is 19.1 Å². The maximum Gasteiger partial charge on any atom is -0.0131 e. The highest BCUT2D eigenvalue weighted by atomic mass is 14.9. The van der Waals surface area contributed by atoms with Crippen molar-refractivity contribution < 1.29 is 0 Å². The smallest absolute Gasteiger partial charge is 0.0131 e. The van der Waals surface area contributed by atoms with Crippen LogP contribution in [0.3, 0.4) is 0 Å². The molecule has 36 valence electrons. The van der Waals surface area contributed by atoms with Crippen LogP contribution in [0.4, 0.5) is 0 Å². The van der Waals surface area contributed by atoms with E-state index in [-0.39, 0.29) is 0 Å². The Morgan fingerprint density at radius 3 is 1.86 bits per heavy atom. The minimum Gasteiger partial charge on any atom is -0.0842 e. The van der Waals surface area contributed by atoms with Gasteiger partial charge in [-0.3, -0.25) is 0 Å². The third kappa shape index (κ3) is 0.112. The molecule has 0 radical (unpaired) electrons. The normalized spacial score (nSPS) is 78.7. The van der Waals surface area contributed by atoms with Crippen LogP contribution in [-0.2, 0) is 0 Å². The van der Waals surface area contributed by atoms with E-state index >= 15 is 0 Å². The van der Waals surface area contributed by atoms with Crippen molar-refractivity contribution >= 4 is 0 Å². The van der Waals surface area contributed by atoms with Crippen molar-refractivity contribution in [2.75, 3.05) is 0 Å². The molecule has 0 N–H and O–H groups in total. The second-order valence-electron chi connectivity index (χ2n) is 3.33. The van der Waals surface area contributed by atoms with Gasteiger partial charge < -0.3 is 0 Å². The van der Waals surface area contributed by atoms with Crippen molar-refractivity contribution in [3.63, 3.8) is 0 Å². The van der Waals surface area contributed by atoms with E-state index in [9.17, 15) is 0 Å². The first-order chi connectivity index (χ1) is 3.35. The highest BCUT2D eigenvalue weighted by Crippen LogP contribution is 2.88. The molecule has 0 aliphatic heterocycles. The largest absolute Gasteiger partial charge is 0.0842 e. The molecule has 0 saturated heterocycles. The summed E-state index contributed by atoms with van der Waals surface area (Å²) in [7, 11) is 0. The fourth-order valence-corrected chi connectivity index (χ4v) is 2.42. The highest BCUT2D eigenvalue weighted by Gasteiger charge is 2.84. The van der Waals surface area contributed by atoms with Gasteiger partial charge in [-0.15, -0.1) is 0 Å². The van der Waals surface area contributed by atoms with Gasteiger partial charge in [-0.05, 0) is 23.2 Å². The summed E-state index contributed by atoms with van der Waals surface area (Å²) in [4.78, 5) is 0. The Balaban J connectivity index is 2.26. The molecule has 2 bridgehead atoms. The van der Waals surface area contributed by atoms with Crippen molar-refractivity contribution in [3.8, 4) is 0 Å². The third-order valence-electron chi connectivity index (χ3n) is 3.24. The van der Waals surface area contributed by atoms with E-state index in [1.54, 1.807) is 0 Å². The van der Waals surface area contributed by atoms with Crippen LogP contribution >= 0.6 is 0 Å². The molecule has 0 aromatic heterocycles. The molecular weight excluding hydrogens is 84.1 g/mol. The SMILES string of the molecule is CC12C3C=CC1C32. The van der Waals surface area contributed by atoms with E-state index in [0.717, 1.165) is 23.2 Å². The van der Waals surface area contributed by atoms with E-state index < -0.39 is 0 Å². The Morgan fingerprint density at radius 1 is 1.29 bits per heavy atom. The lowest BCUT2D eigenvalue weighted by atomic mass is 10.1. The van der Waals surface area contributed by atoms with Gasteiger partial charge >= 0.3 is 0 Å². The van der Waals surface area contributed by atoms with E-state index in [1.807, 2.05) is 0 Å². The van der Waals surface area contributed by atoms with Gasteiger partial charge in [0, 0.05) is 0 Å². The van der Waals surface area contributed by atoms with Crippen LogP contribution in [0.25, 0.3) is 0 Å². The second kappa shape index (κ2) is 0.460. The first-order valence-electron chi connectivity index (χ1n) is 3.03. The summed E-state index contributed by atoms with van der Waals surface area (Å²) in [6, 6.07) is 0. The molecular formula is C7H8. The number of hydrogen-bond donors (Lipinski definition) is 0. The van der Waals surface area contributed by atoms with Crippen molar-refractivity contribution in [1.29, 1.82) is 0 Å². The van der Waals surface area contributed by atoms with Gasteiger partial charge in [0.2, 0.25) is 0 Å². The van der Waals surface area contributed by atoms with Crippen LogP contribution < -0.4 is 0 Å². The summed E-state index contributed by atoms with van der Waals surface area (Å²) in [5, 5.41) is 0. The summed E-state index contributed by atoms with van der Waals surface area (Å²) >= 11 is 0. The standard InChI is InChI=1S/C7H8/c1-7-4-2-3-5(7)6(4)7/h2-6H,1H3. The maximum absolute atomic E-state index is 2.41. The average molecular weight is 92.1 g/mol. The quantitative estimate of drug-likeness (QED) is 0.396. The topological polar surface area (TPSA) is 0 Å². The maximum atomic E-state index is 2.41. The molecule has 0 spiro atoms. The number of rotatable bonds is 0.